The number of aryl methyl sites for hydroxylation is 2. The van der Waals surface area contributed by atoms with Crippen molar-refractivity contribution in [3.8, 4) is 0 Å². The lowest BCUT2D eigenvalue weighted by Gasteiger charge is -2.16. The number of imidazole rings is 1. The first-order valence-electron chi connectivity index (χ1n) is 9.26. The fourth-order valence-corrected chi connectivity index (χ4v) is 3.15. The monoisotopic (exact) mass is 364 g/mol. The molecular weight excluding hydrogens is 332 g/mol. The lowest BCUT2D eigenvalue weighted by molar-refractivity contribution is -0.144. The summed E-state index contributed by atoms with van der Waals surface area (Å²) in [6.45, 7) is 2.73. The van der Waals surface area contributed by atoms with Gasteiger partial charge in [0.2, 0.25) is 5.91 Å². The minimum absolute atomic E-state index is 0. The number of ether oxygens (including phenoxy) is 1. The Morgan fingerprint density at radius 3 is 2.81 bits per heavy atom. The molecule has 1 saturated carbocycles. The molecule has 3 rings (SSSR count). The molecule has 0 spiro atoms. The molecule has 0 radical (unpaired) electrons. The van der Waals surface area contributed by atoms with Gasteiger partial charge in [0.05, 0.1) is 13.0 Å². The summed E-state index contributed by atoms with van der Waals surface area (Å²) in [6.07, 6.45) is 8.37. The molecule has 0 unspecified atom stereocenters. The summed E-state index contributed by atoms with van der Waals surface area (Å²) < 4.78 is 7.20. The molecule has 1 atom stereocenters. The van der Waals surface area contributed by atoms with Crippen LogP contribution in [0.3, 0.4) is 0 Å². The van der Waals surface area contributed by atoms with Crippen LogP contribution < -0.4 is 5.32 Å². The summed E-state index contributed by atoms with van der Waals surface area (Å²) in [7, 11) is 1.94. The maximum atomic E-state index is 12.3. The fourth-order valence-electron chi connectivity index (χ4n) is 3.15. The van der Waals surface area contributed by atoms with Gasteiger partial charge in [-0.1, -0.05) is 7.43 Å². The molecule has 1 N–H and O–H groups in total. The molecule has 1 aliphatic heterocycles. The van der Waals surface area contributed by atoms with Gasteiger partial charge in [-0.25, -0.2) is 4.98 Å². The Balaban J connectivity index is 0.00000243. The van der Waals surface area contributed by atoms with Crippen molar-refractivity contribution in [2.75, 3.05) is 26.7 Å². The highest BCUT2D eigenvalue weighted by molar-refractivity contribution is 5.76. The molecule has 1 saturated heterocycles. The zero-order valence-corrected chi connectivity index (χ0v) is 14.9. The minimum atomic E-state index is -0.155. The summed E-state index contributed by atoms with van der Waals surface area (Å²) in [5, 5.41) is 3.22. The van der Waals surface area contributed by atoms with E-state index in [0.29, 0.717) is 44.4 Å². The van der Waals surface area contributed by atoms with Crippen molar-refractivity contribution >= 4 is 11.9 Å². The summed E-state index contributed by atoms with van der Waals surface area (Å²) in [4.78, 5) is 30.3. The van der Waals surface area contributed by atoms with E-state index in [0.717, 1.165) is 25.3 Å². The Bertz CT molecular complexity index is 597. The van der Waals surface area contributed by atoms with Crippen LogP contribution in [-0.2, 0) is 27.3 Å². The maximum Gasteiger partial charge on any atom is 0.307 e. The van der Waals surface area contributed by atoms with Crippen molar-refractivity contribution in [2.24, 2.45) is 5.92 Å². The quantitative estimate of drug-likeness (QED) is 0.674. The van der Waals surface area contributed by atoms with Gasteiger partial charge in [0.1, 0.15) is 5.82 Å². The Morgan fingerprint density at radius 2 is 2.12 bits per heavy atom. The van der Waals surface area contributed by atoms with E-state index in [-0.39, 0.29) is 19.3 Å². The fraction of sp³-hybridized carbons (Fsp3) is 0.737. The summed E-state index contributed by atoms with van der Waals surface area (Å²) >= 11 is 0. The number of nitrogens with one attached hydrogen (secondary N) is 1. The van der Waals surface area contributed by atoms with Gasteiger partial charge in [-0.05, 0) is 32.2 Å². The minimum Gasteiger partial charge on any atom is -0.465 e. The van der Waals surface area contributed by atoms with E-state index in [4.69, 9.17) is 4.74 Å². The van der Waals surface area contributed by atoms with Crippen molar-refractivity contribution in [3.63, 3.8) is 0 Å². The number of nitrogens with zero attached hydrogens (tertiary/aromatic N) is 3. The van der Waals surface area contributed by atoms with Gasteiger partial charge in [0.25, 0.3) is 0 Å². The third-order valence-electron chi connectivity index (χ3n) is 5.05. The Kier molecular flexibility index (Phi) is 7.63. The van der Waals surface area contributed by atoms with Crippen LogP contribution in [0.2, 0.25) is 0 Å². The third kappa shape index (κ3) is 5.83. The molecule has 7 nitrogen and oxygen atoms in total. The van der Waals surface area contributed by atoms with E-state index < -0.39 is 0 Å². The Morgan fingerprint density at radius 1 is 1.31 bits per heavy atom. The van der Waals surface area contributed by atoms with E-state index in [2.05, 4.69) is 10.3 Å². The number of carbonyl (C=O) groups is 2. The number of carbonyl (C=O) groups excluding carboxylic acids is 2. The van der Waals surface area contributed by atoms with Crippen molar-refractivity contribution in [2.45, 2.75) is 58.5 Å². The largest absolute Gasteiger partial charge is 0.465 e. The zero-order chi connectivity index (χ0) is 17.6. The standard InChI is InChI=1S/C18H28N4O3.CH4/c1-19-15-6-9-22(12-15)17(23)5-4-16-20-8-11-21(16)10-7-18(24)25-13-14-2-3-14;/h8,11,14-15,19H,2-7,9-10,12-13H2,1H3;1H4/t15-;/m0./s1. The second-order valence-corrected chi connectivity index (χ2v) is 7.03. The molecule has 1 aromatic rings. The van der Waals surface area contributed by atoms with Crippen LogP contribution in [0.25, 0.3) is 0 Å². The first-order chi connectivity index (χ1) is 12.2. The van der Waals surface area contributed by atoms with Crippen molar-refractivity contribution < 1.29 is 14.3 Å². The van der Waals surface area contributed by atoms with Crippen molar-refractivity contribution in [1.29, 1.82) is 0 Å². The smallest absolute Gasteiger partial charge is 0.307 e. The highest BCUT2D eigenvalue weighted by atomic mass is 16.5. The van der Waals surface area contributed by atoms with E-state index in [1.54, 1.807) is 6.20 Å². The van der Waals surface area contributed by atoms with Gasteiger partial charge in [-0.15, -0.1) is 0 Å². The lowest BCUT2D eigenvalue weighted by Crippen LogP contribution is -2.33. The summed E-state index contributed by atoms with van der Waals surface area (Å²) in [6, 6.07) is 0.410. The second kappa shape index (κ2) is 9.71. The molecule has 2 aliphatic rings. The van der Waals surface area contributed by atoms with Crippen molar-refractivity contribution in [1.82, 2.24) is 19.8 Å². The maximum absolute atomic E-state index is 12.3. The Labute approximate surface area is 156 Å². The topological polar surface area (TPSA) is 76.5 Å². The van der Waals surface area contributed by atoms with Crippen LogP contribution in [0.1, 0.15) is 45.4 Å². The van der Waals surface area contributed by atoms with Crippen LogP contribution in [-0.4, -0.2) is 59.1 Å². The number of likely N-dealkylation sites (N-methyl/N-ethyl adjacent to an activating group) is 1. The average molecular weight is 364 g/mol. The van der Waals surface area contributed by atoms with Crippen LogP contribution in [0, 0.1) is 5.92 Å². The molecule has 0 aromatic carbocycles. The molecule has 1 aliphatic carbocycles. The highest BCUT2D eigenvalue weighted by Crippen LogP contribution is 2.28. The predicted octanol–water partition coefficient (Wildman–Crippen LogP) is 1.62. The molecule has 1 amide bonds. The number of rotatable bonds is 9. The molecule has 1 aromatic heterocycles. The van der Waals surface area contributed by atoms with Crippen LogP contribution >= 0.6 is 0 Å². The SMILES string of the molecule is C.CN[C@H]1CCN(C(=O)CCc2nccn2CCC(=O)OCC2CC2)C1. The summed E-state index contributed by atoms with van der Waals surface area (Å²) in [5.41, 5.74) is 0. The number of hydrogen-bond acceptors (Lipinski definition) is 5. The third-order valence-corrected chi connectivity index (χ3v) is 5.05. The summed E-state index contributed by atoms with van der Waals surface area (Å²) in [5.74, 6) is 1.47. The highest BCUT2D eigenvalue weighted by Gasteiger charge is 2.25. The number of esters is 1. The molecule has 26 heavy (non-hydrogen) atoms. The van der Waals surface area contributed by atoms with E-state index in [9.17, 15) is 9.59 Å². The number of likely N-dealkylation sites (tertiary alicyclic amines) is 1. The average Bonchev–Trinajstić information content (AvgIpc) is 3.14. The Hall–Kier alpha value is -1.89. The van der Waals surface area contributed by atoms with E-state index in [1.165, 1.54) is 12.8 Å². The lowest BCUT2D eigenvalue weighted by atomic mass is 10.2. The van der Waals surface area contributed by atoms with Gasteiger partial charge in [-0.2, -0.15) is 0 Å². The van der Waals surface area contributed by atoms with Crippen LogP contribution in [0.15, 0.2) is 12.4 Å². The molecule has 0 bridgehead atoms. The zero-order valence-electron chi connectivity index (χ0n) is 14.9. The van der Waals surface area contributed by atoms with Gasteiger partial charge < -0.3 is 19.5 Å². The molecule has 2 heterocycles. The molecule has 2 fully saturated rings. The van der Waals surface area contributed by atoms with E-state index in [1.807, 2.05) is 22.7 Å². The van der Waals surface area contributed by atoms with Crippen LogP contribution in [0.4, 0.5) is 0 Å². The number of amides is 1. The molecule has 7 heteroatoms. The molecular formula is C19H32N4O3. The normalized spacial score (nSPS) is 19.3. The molecule has 146 valence electrons. The van der Waals surface area contributed by atoms with E-state index >= 15 is 0 Å². The van der Waals surface area contributed by atoms with Gasteiger partial charge in [0, 0.05) is 50.9 Å². The van der Waals surface area contributed by atoms with Gasteiger partial charge in [0.15, 0.2) is 0 Å². The first-order valence-corrected chi connectivity index (χ1v) is 9.26. The first kappa shape index (κ1) is 20.4. The predicted molar refractivity (Wildman–Crippen MR) is 99.6 cm³/mol. The van der Waals surface area contributed by atoms with Gasteiger partial charge >= 0.3 is 5.97 Å². The van der Waals surface area contributed by atoms with Gasteiger partial charge in [-0.3, -0.25) is 9.59 Å². The van der Waals surface area contributed by atoms with Crippen LogP contribution in [0.5, 0.6) is 0 Å². The number of aromatic nitrogens is 2. The second-order valence-electron chi connectivity index (χ2n) is 7.03. The number of hydrogen-bond donors (Lipinski definition) is 1. The van der Waals surface area contributed by atoms with Crippen molar-refractivity contribution in [3.05, 3.63) is 18.2 Å².